The van der Waals surface area contributed by atoms with Crippen LogP contribution in [0.3, 0.4) is 0 Å². The van der Waals surface area contributed by atoms with Crippen molar-refractivity contribution in [2.45, 2.75) is 0 Å². The Morgan fingerprint density at radius 3 is 1.60 bits per heavy atom. The minimum Gasteiger partial charge on any atom is -0.338 e. The van der Waals surface area contributed by atoms with Gasteiger partial charge in [0.05, 0.1) is 33.4 Å². The molecule has 2 N–H and O–H groups in total. The maximum absolute atomic E-state index is 4.81. The molecule has 6 nitrogen and oxygen atoms in total. The van der Waals surface area contributed by atoms with Crippen molar-refractivity contribution in [1.29, 1.82) is 0 Å². The molecule has 0 bridgehead atoms. The number of imidazole rings is 2. The van der Waals surface area contributed by atoms with E-state index in [9.17, 15) is 0 Å². The fraction of sp³-hybridized carbons (Fsp3) is 0. The van der Waals surface area contributed by atoms with Crippen molar-refractivity contribution in [1.82, 2.24) is 19.9 Å². The molecule has 2 heterocycles. The van der Waals surface area contributed by atoms with Gasteiger partial charge in [0.2, 0.25) is 0 Å². The van der Waals surface area contributed by atoms with E-state index >= 15 is 0 Å². The summed E-state index contributed by atoms with van der Waals surface area (Å²) in [5, 5.41) is 0. The van der Waals surface area contributed by atoms with E-state index in [-0.39, 0.29) is 0 Å². The topological polar surface area (TPSA) is 82.1 Å². The number of aromatic amines is 2. The van der Waals surface area contributed by atoms with Gasteiger partial charge in [-0.2, -0.15) is 0 Å². The summed E-state index contributed by atoms with van der Waals surface area (Å²) in [5.41, 5.74) is 9.46. The van der Waals surface area contributed by atoms with Crippen molar-refractivity contribution in [2.75, 3.05) is 0 Å². The number of nitrogens with one attached hydrogen (secondary N) is 2. The highest BCUT2D eigenvalue weighted by Gasteiger charge is 2.10. The van der Waals surface area contributed by atoms with E-state index in [4.69, 9.17) is 9.97 Å². The molecule has 0 aliphatic heterocycles. The normalized spacial score (nSPS) is 11.9. The lowest BCUT2D eigenvalue weighted by molar-refractivity contribution is 1.33. The van der Waals surface area contributed by atoms with Crippen LogP contribution >= 0.6 is 31.9 Å². The molecule has 42 heavy (non-hydrogen) atoms. The fourth-order valence-electron chi connectivity index (χ4n) is 4.61. The number of aliphatic imine (C=N–C) groups is 2. The lowest BCUT2D eigenvalue weighted by Gasteiger charge is -1.98. The Hall–Kier alpha value is -4.66. The number of nitrogens with zero attached hydrogens (tertiary/aromatic N) is 4. The molecule has 0 aliphatic rings. The van der Waals surface area contributed by atoms with Gasteiger partial charge in [0.1, 0.15) is 11.6 Å². The van der Waals surface area contributed by atoms with Crippen molar-refractivity contribution in [3.63, 3.8) is 0 Å². The molecule has 0 aliphatic carbocycles. The number of hydrogen-bond acceptors (Lipinski definition) is 4. The van der Waals surface area contributed by atoms with Crippen LogP contribution in [0.1, 0.15) is 11.1 Å². The van der Waals surface area contributed by atoms with Crippen molar-refractivity contribution < 1.29 is 0 Å². The predicted octanol–water partition coefficient (Wildman–Crippen LogP) is 9.80. The van der Waals surface area contributed by atoms with Gasteiger partial charge in [0.25, 0.3) is 0 Å². The predicted molar refractivity (Wildman–Crippen MR) is 179 cm³/mol. The molecule has 0 amide bonds. The highest BCUT2D eigenvalue weighted by Crippen LogP contribution is 2.28. The summed E-state index contributed by atoms with van der Waals surface area (Å²) in [5.74, 6) is 1.61. The molecule has 7 aromatic rings. The summed E-state index contributed by atoms with van der Waals surface area (Å²) in [6, 6.07) is 36.3. The average molecular weight is 674 g/mol. The van der Waals surface area contributed by atoms with Crippen LogP contribution in [0.25, 0.3) is 44.8 Å². The Bertz CT molecular complexity index is 2090. The number of aromatic nitrogens is 4. The average Bonchev–Trinajstić information content (AvgIpc) is 3.65. The first-order chi connectivity index (χ1) is 20.6. The first kappa shape index (κ1) is 26.3. The molecular formula is C34H22Br2N6. The van der Waals surface area contributed by atoms with E-state index in [1.807, 2.05) is 116 Å². The molecule has 5 aromatic carbocycles. The third-order valence-electron chi connectivity index (χ3n) is 6.83. The zero-order chi connectivity index (χ0) is 28.5. The fourth-order valence-corrected chi connectivity index (χ4v) is 5.14. The number of benzene rings is 5. The van der Waals surface area contributed by atoms with Crippen LogP contribution in [0.15, 0.2) is 128 Å². The molecule has 0 spiro atoms. The van der Waals surface area contributed by atoms with E-state index in [1.54, 1.807) is 0 Å². The summed E-state index contributed by atoms with van der Waals surface area (Å²) >= 11 is 6.92. The third kappa shape index (κ3) is 5.72. The Labute approximate surface area is 258 Å². The Morgan fingerprint density at radius 1 is 0.500 bits per heavy atom. The summed E-state index contributed by atoms with van der Waals surface area (Å²) < 4.78 is 2.09. The molecule has 0 radical (unpaired) electrons. The maximum Gasteiger partial charge on any atom is 0.138 e. The Kier molecular flexibility index (Phi) is 7.07. The van der Waals surface area contributed by atoms with Crippen LogP contribution in [-0.2, 0) is 0 Å². The van der Waals surface area contributed by atoms with Crippen molar-refractivity contribution >= 4 is 77.7 Å². The van der Waals surface area contributed by atoms with Gasteiger partial charge >= 0.3 is 0 Å². The van der Waals surface area contributed by atoms with Crippen LogP contribution in [0.5, 0.6) is 0 Å². The summed E-state index contributed by atoms with van der Waals surface area (Å²) in [6.07, 6.45) is 3.72. The first-order valence-corrected chi connectivity index (χ1v) is 14.8. The van der Waals surface area contributed by atoms with E-state index in [0.717, 1.165) is 76.3 Å². The Morgan fingerprint density at radius 2 is 0.976 bits per heavy atom. The van der Waals surface area contributed by atoms with E-state index in [0.29, 0.717) is 0 Å². The second kappa shape index (κ2) is 11.3. The standard InChI is InChI=1S/C34H22Br2N6/c35-25-8-1-21(2-9-25)19-37-27-12-5-23(6-13-27)33-39-29-15-7-24(17-31(29)41-33)34-40-30-16-14-28(18-32(30)42-34)38-20-22-3-10-26(36)11-4-22/h1-20H,(H,39,41)(H,40,42). The van der Waals surface area contributed by atoms with Crippen molar-refractivity contribution in [3.05, 3.63) is 129 Å². The molecule has 202 valence electrons. The van der Waals surface area contributed by atoms with Crippen molar-refractivity contribution in [2.24, 2.45) is 9.98 Å². The second-order valence-corrected chi connectivity index (χ2v) is 11.6. The van der Waals surface area contributed by atoms with Gasteiger partial charge in [0.15, 0.2) is 0 Å². The van der Waals surface area contributed by atoms with Crippen LogP contribution < -0.4 is 0 Å². The number of rotatable bonds is 6. The van der Waals surface area contributed by atoms with Crippen LogP contribution in [0.2, 0.25) is 0 Å². The minimum atomic E-state index is 0.796. The number of hydrogen-bond donors (Lipinski definition) is 2. The zero-order valence-corrected chi connectivity index (χ0v) is 25.3. The third-order valence-corrected chi connectivity index (χ3v) is 7.88. The second-order valence-electron chi connectivity index (χ2n) is 9.77. The largest absolute Gasteiger partial charge is 0.338 e. The number of halogens is 2. The van der Waals surface area contributed by atoms with Crippen LogP contribution in [0, 0.1) is 0 Å². The maximum atomic E-state index is 4.81. The van der Waals surface area contributed by atoms with Crippen LogP contribution in [-0.4, -0.2) is 32.4 Å². The van der Waals surface area contributed by atoms with E-state index < -0.39 is 0 Å². The highest BCUT2D eigenvalue weighted by atomic mass is 79.9. The quantitative estimate of drug-likeness (QED) is 0.172. The molecule has 0 unspecified atom stereocenters. The van der Waals surface area contributed by atoms with Crippen LogP contribution in [0.4, 0.5) is 11.4 Å². The molecule has 0 atom stereocenters. The van der Waals surface area contributed by atoms with Gasteiger partial charge in [-0.25, -0.2) is 9.97 Å². The van der Waals surface area contributed by atoms with E-state index in [1.165, 1.54) is 0 Å². The molecule has 7 rings (SSSR count). The van der Waals surface area contributed by atoms with Gasteiger partial charge in [0, 0.05) is 32.5 Å². The molecule has 8 heteroatoms. The van der Waals surface area contributed by atoms with Gasteiger partial charge in [-0.1, -0.05) is 56.1 Å². The molecule has 0 fully saturated rings. The Balaban J connectivity index is 1.10. The van der Waals surface area contributed by atoms with E-state index in [2.05, 4.69) is 57.9 Å². The van der Waals surface area contributed by atoms with Gasteiger partial charge in [-0.15, -0.1) is 0 Å². The summed E-state index contributed by atoms with van der Waals surface area (Å²) in [4.78, 5) is 25.8. The monoisotopic (exact) mass is 672 g/mol. The minimum absolute atomic E-state index is 0.796. The summed E-state index contributed by atoms with van der Waals surface area (Å²) in [6.45, 7) is 0. The zero-order valence-electron chi connectivity index (χ0n) is 22.1. The van der Waals surface area contributed by atoms with Gasteiger partial charge in [-0.3, -0.25) is 9.98 Å². The number of fused-ring (bicyclic) bond motifs is 2. The number of H-pyrrole nitrogens is 2. The molecule has 0 saturated carbocycles. The molecule has 2 aromatic heterocycles. The lowest BCUT2D eigenvalue weighted by Crippen LogP contribution is -1.81. The van der Waals surface area contributed by atoms with Gasteiger partial charge in [-0.05, 0) is 96.1 Å². The summed E-state index contributed by atoms with van der Waals surface area (Å²) in [7, 11) is 0. The molecule has 0 saturated heterocycles. The first-order valence-electron chi connectivity index (χ1n) is 13.3. The highest BCUT2D eigenvalue weighted by molar-refractivity contribution is 9.10. The lowest BCUT2D eigenvalue weighted by atomic mass is 10.2. The smallest absolute Gasteiger partial charge is 0.138 e. The van der Waals surface area contributed by atoms with Gasteiger partial charge < -0.3 is 9.97 Å². The SMILES string of the molecule is Brc1ccc(C=Nc2ccc(-c3nc4ccc(-c5nc6ccc(N=Cc7ccc(Br)cc7)cc6[nH]5)cc4[nH]3)cc2)cc1. The molecular weight excluding hydrogens is 652 g/mol. The van der Waals surface area contributed by atoms with Crippen molar-refractivity contribution in [3.8, 4) is 22.8 Å².